The highest BCUT2D eigenvalue weighted by atomic mass is 32.2. The van der Waals surface area contributed by atoms with Gasteiger partial charge in [0.05, 0.1) is 21.1 Å². The number of hydrogen-bond acceptors (Lipinski definition) is 5. The fourth-order valence-corrected chi connectivity index (χ4v) is 4.16. The fraction of sp³-hybridized carbons (Fsp3) is 0.133. The zero-order chi connectivity index (χ0) is 17.5. The number of rotatable bonds is 4. The van der Waals surface area contributed by atoms with E-state index in [4.69, 9.17) is 5.11 Å². The summed E-state index contributed by atoms with van der Waals surface area (Å²) in [5, 5.41) is 19.9. The van der Waals surface area contributed by atoms with E-state index in [-0.39, 0.29) is 28.4 Å². The minimum atomic E-state index is -4.00. The number of carboxylic acids is 1. The molecule has 8 nitrogen and oxygen atoms in total. The van der Waals surface area contributed by atoms with Gasteiger partial charge in [0.15, 0.2) is 0 Å². The maximum absolute atomic E-state index is 12.8. The average molecular weight is 348 g/mol. The Morgan fingerprint density at radius 2 is 1.96 bits per heavy atom. The molecule has 0 saturated heterocycles. The summed E-state index contributed by atoms with van der Waals surface area (Å²) in [6.07, 6.45) is 0.436. The van der Waals surface area contributed by atoms with E-state index in [2.05, 4.69) is 0 Å². The lowest BCUT2D eigenvalue weighted by atomic mass is 10.1. The predicted octanol–water partition coefficient (Wildman–Crippen LogP) is 2.04. The molecule has 2 aromatic carbocycles. The number of hydrogen-bond donors (Lipinski definition) is 1. The summed E-state index contributed by atoms with van der Waals surface area (Å²) < 4.78 is 26.7. The average Bonchev–Trinajstić information content (AvgIpc) is 2.98. The summed E-state index contributed by atoms with van der Waals surface area (Å²) in [5.41, 5.74) is 0.605. The number of nitrogens with zero attached hydrogens (tertiary/aromatic N) is 2. The second kappa shape index (κ2) is 5.60. The highest BCUT2D eigenvalue weighted by Gasteiger charge is 2.32. The molecule has 0 radical (unpaired) electrons. The van der Waals surface area contributed by atoms with Crippen LogP contribution in [0, 0.1) is 10.1 Å². The van der Waals surface area contributed by atoms with Gasteiger partial charge in [-0.3, -0.25) is 14.4 Å². The lowest BCUT2D eigenvalue weighted by molar-refractivity contribution is -0.384. The Kier molecular flexibility index (Phi) is 3.72. The van der Waals surface area contributed by atoms with Crippen LogP contribution in [-0.4, -0.2) is 31.0 Å². The quantitative estimate of drug-likeness (QED) is 0.667. The van der Waals surface area contributed by atoms with E-state index in [0.717, 1.165) is 10.4 Å². The number of aromatic carboxylic acids is 1. The van der Waals surface area contributed by atoms with E-state index in [1.807, 2.05) is 0 Å². The molecular weight excluding hydrogens is 336 g/mol. The first-order valence-electron chi connectivity index (χ1n) is 6.94. The van der Waals surface area contributed by atoms with Crippen LogP contribution in [0.1, 0.15) is 15.9 Å². The van der Waals surface area contributed by atoms with Crippen LogP contribution < -0.4 is 4.31 Å². The first-order chi connectivity index (χ1) is 11.3. The van der Waals surface area contributed by atoms with Crippen LogP contribution in [-0.2, 0) is 16.4 Å². The van der Waals surface area contributed by atoms with Crippen molar-refractivity contribution in [2.24, 2.45) is 0 Å². The number of non-ortho nitro benzene ring substituents is 1. The van der Waals surface area contributed by atoms with Crippen molar-refractivity contribution in [2.75, 3.05) is 10.8 Å². The number of carbonyl (C=O) groups is 1. The molecule has 0 amide bonds. The van der Waals surface area contributed by atoms with Crippen LogP contribution in [0.4, 0.5) is 11.4 Å². The van der Waals surface area contributed by atoms with Gasteiger partial charge in [-0.05, 0) is 30.2 Å². The Bertz CT molecular complexity index is 954. The molecule has 24 heavy (non-hydrogen) atoms. The minimum absolute atomic E-state index is 0.144. The van der Waals surface area contributed by atoms with Crippen LogP contribution in [0.25, 0.3) is 0 Å². The fourth-order valence-electron chi connectivity index (χ4n) is 2.62. The van der Waals surface area contributed by atoms with Crippen molar-refractivity contribution in [3.63, 3.8) is 0 Å². The Balaban J connectivity index is 2.08. The van der Waals surface area contributed by atoms with E-state index in [1.54, 1.807) is 0 Å². The SMILES string of the molecule is O=C(O)c1cccc(S(=O)(=O)N2CCc3ccc([N+](=O)[O-])cc32)c1. The second-order valence-corrected chi connectivity index (χ2v) is 7.09. The van der Waals surface area contributed by atoms with E-state index in [0.29, 0.717) is 12.0 Å². The molecule has 3 rings (SSSR count). The Morgan fingerprint density at radius 3 is 2.62 bits per heavy atom. The van der Waals surface area contributed by atoms with Gasteiger partial charge in [0.25, 0.3) is 15.7 Å². The van der Waals surface area contributed by atoms with Gasteiger partial charge in [0.1, 0.15) is 0 Å². The Labute approximate surface area is 137 Å². The summed E-state index contributed by atoms with van der Waals surface area (Å²) >= 11 is 0. The number of fused-ring (bicyclic) bond motifs is 1. The molecule has 1 aliphatic heterocycles. The van der Waals surface area contributed by atoms with Crippen molar-refractivity contribution in [1.82, 2.24) is 0 Å². The summed E-state index contributed by atoms with van der Waals surface area (Å²) in [4.78, 5) is 21.2. The van der Waals surface area contributed by atoms with Crippen LogP contribution in [0.5, 0.6) is 0 Å². The molecule has 1 heterocycles. The minimum Gasteiger partial charge on any atom is -0.478 e. The molecule has 124 valence electrons. The molecule has 1 N–H and O–H groups in total. The van der Waals surface area contributed by atoms with Crippen LogP contribution in [0.15, 0.2) is 47.4 Å². The van der Waals surface area contributed by atoms with Crippen molar-refractivity contribution >= 4 is 27.4 Å². The highest BCUT2D eigenvalue weighted by molar-refractivity contribution is 7.92. The third kappa shape index (κ3) is 2.58. The maximum Gasteiger partial charge on any atom is 0.335 e. The Hall–Kier alpha value is -2.94. The molecule has 9 heteroatoms. The van der Waals surface area contributed by atoms with Gasteiger partial charge in [-0.25, -0.2) is 13.2 Å². The normalized spacial score (nSPS) is 13.6. The number of nitro benzene ring substituents is 1. The lowest BCUT2D eigenvalue weighted by Crippen LogP contribution is -2.29. The third-order valence-corrected chi connectivity index (χ3v) is 5.61. The van der Waals surface area contributed by atoms with Gasteiger partial charge in [0, 0.05) is 18.7 Å². The summed E-state index contributed by atoms with van der Waals surface area (Å²) in [5.74, 6) is -1.23. The van der Waals surface area contributed by atoms with Gasteiger partial charge in [-0.1, -0.05) is 12.1 Å². The van der Waals surface area contributed by atoms with E-state index in [9.17, 15) is 23.3 Å². The van der Waals surface area contributed by atoms with Gasteiger partial charge < -0.3 is 5.11 Å². The zero-order valence-corrected chi connectivity index (χ0v) is 13.1. The van der Waals surface area contributed by atoms with E-state index in [1.165, 1.54) is 36.4 Å². The molecule has 0 aliphatic carbocycles. The van der Waals surface area contributed by atoms with Crippen LogP contribution >= 0.6 is 0 Å². The first kappa shape index (κ1) is 15.9. The van der Waals surface area contributed by atoms with Crippen molar-refractivity contribution in [2.45, 2.75) is 11.3 Å². The molecule has 0 bridgehead atoms. The van der Waals surface area contributed by atoms with Gasteiger partial charge >= 0.3 is 5.97 Å². The third-order valence-electron chi connectivity index (χ3n) is 3.80. The number of anilines is 1. The topological polar surface area (TPSA) is 118 Å². The number of benzene rings is 2. The molecule has 0 atom stereocenters. The number of carboxylic acid groups (broad SMARTS) is 1. The van der Waals surface area contributed by atoms with Crippen LogP contribution in [0.2, 0.25) is 0 Å². The number of sulfonamides is 1. The summed E-state index contributed by atoms with van der Waals surface area (Å²) in [6.45, 7) is 0.149. The van der Waals surface area contributed by atoms with E-state index >= 15 is 0 Å². The van der Waals surface area contributed by atoms with Crippen molar-refractivity contribution in [3.8, 4) is 0 Å². The predicted molar refractivity (Wildman–Crippen MR) is 84.7 cm³/mol. The zero-order valence-electron chi connectivity index (χ0n) is 12.2. The van der Waals surface area contributed by atoms with Gasteiger partial charge in [0.2, 0.25) is 0 Å². The van der Waals surface area contributed by atoms with Gasteiger partial charge in [-0.15, -0.1) is 0 Å². The summed E-state index contributed by atoms with van der Waals surface area (Å²) in [7, 11) is -4.00. The molecule has 0 unspecified atom stereocenters. The smallest absolute Gasteiger partial charge is 0.335 e. The molecule has 0 saturated carbocycles. The molecule has 1 aliphatic rings. The van der Waals surface area contributed by atoms with Crippen LogP contribution in [0.3, 0.4) is 0 Å². The molecule has 2 aromatic rings. The lowest BCUT2D eigenvalue weighted by Gasteiger charge is -2.19. The molecule has 0 spiro atoms. The summed E-state index contributed by atoms with van der Waals surface area (Å²) in [6, 6.07) is 9.12. The molecule has 0 aromatic heterocycles. The van der Waals surface area contributed by atoms with Crippen molar-refractivity contribution in [1.29, 1.82) is 0 Å². The van der Waals surface area contributed by atoms with Gasteiger partial charge in [-0.2, -0.15) is 0 Å². The van der Waals surface area contributed by atoms with Crippen molar-refractivity contribution < 1.29 is 23.2 Å². The highest BCUT2D eigenvalue weighted by Crippen LogP contribution is 2.35. The van der Waals surface area contributed by atoms with E-state index < -0.39 is 20.9 Å². The number of nitro groups is 1. The maximum atomic E-state index is 12.8. The second-order valence-electron chi connectivity index (χ2n) is 5.23. The molecular formula is C15H12N2O6S. The van der Waals surface area contributed by atoms with Crippen molar-refractivity contribution in [3.05, 3.63) is 63.7 Å². The first-order valence-corrected chi connectivity index (χ1v) is 8.38. The Morgan fingerprint density at radius 1 is 1.21 bits per heavy atom. The monoisotopic (exact) mass is 348 g/mol. The largest absolute Gasteiger partial charge is 0.478 e. The molecule has 0 fully saturated rings. The standard InChI is InChI=1S/C15H12N2O6S/c18-15(19)11-2-1-3-13(8-11)24(22,23)16-7-6-10-4-5-12(17(20)21)9-14(10)16/h1-5,8-9H,6-7H2,(H,18,19).